The van der Waals surface area contributed by atoms with Crippen molar-refractivity contribution in [3.63, 3.8) is 0 Å². The molecule has 0 N–H and O–H groups in total. The molecule has 0 unspecified atom stereocenters. The highest BCUT2D eigenvalue weighted by atomic mass is 35.5. The molecule has 1 heterocycles. The number of halogens is 1. The van der Waals surface area contributed by atoms with Gasteiger partial charge in [0.25, 0.3) is 0 Å². The van der Waals surface area contributed by atoms with E-state index in [2.05, 4.69) is 9.97 Å². The van der Waals surface area contributed by atoms with Gasteiger partial charge in [-0.1, -0.05) is 6.07 Å². The van der Waals surface area contributed by atoms with Gasteiger partial charge in [-0.15, -0.1) is 0 Å². The van der Waals surface area contributed by atoms with Gasteiger partial charge in [-0.05, 0) is 37.6 Å². The van der Waals surface area contributed by atoms with Crippen molar-refractivity contribution in [3.05, 3.63) is 41.3 Å². The third-order valence-corrected chi connectivity index (χ3v) is 2.41. The lowest BCUT2D eigenvalue weighted by Crippen LogP contribution is -1.95. The standard InChI is InChI=1S/C13H13ClN2O2/c1-3-17-10-5-4-6-11(7-10)18-12-9(2)8-15-13(14)16-12/h4-8H,3H2,1-2H3. The highest BCUT2D eigenvalue weighted by Gasteiger charge is 2.06. The van der Waals surface area contributed by atoms with Gasteiger partial charge in [0.15, 0.2) is 0 Å². The predicted octanol–water partition coefficient (Wildman–Crippen LogP) is 3.63. The van der Waals surface area contributed by atoms with Crippen molar-refractivity contribution in [2.24, 2.45) is 0 Å². The van der Waals surface area contributed by atoms with Crippen molar-refractivity contribution in [1.82, 2.24) is 9.97 Å². The molecule has 18 heavy (non-hydrogen) atoms. The SMILES string of the molecule is CCOc1cccc(Oc2nc(Cl)ncc2C)c1. The third-order valence-electron chi connectivity index (χ3n) is 2.23. The molecule has 0 spiro atoms. The largest absolute Gasteiger partial charge is 0.494 e. The second-order valence-electron chi connectivity index (χ2n) is 3.64. The van der Waals surface area contributed by atoms with Crippen LogP contribution in [0.2, 0.25) is 5.28 Å². The number of benzene rings is 1. The Morgan fingerprint density at radius 3 is 2.83 bits per heavy atom. The fraction of sp³-hybridized carbons (Fsp3) is 0.231. The Morgan fingerprint density at radius 2 is 2.06 bits per heavy atom. The first-order valence-corrected chi connectivity index (χ1v) is 5.96. The summed E-state index contributed by atoms with van der Waals surface area (Å²) in [4.78, 5) is 7.91. The monoisotopic (exact) mass is 264 g/mol. The molecule has 1 aromatic carbocycles. The average Bonchev–Trinajstić information content (AvgIpc) is 2.35. The van der Waals surface area contributed by atoms with Crippen LogP contribution in [0.15, 0.2) is 30.5 Å². The number of hydrogen-bond acceptors (Lipinski definition) is 4. The summed E-state index contributed by atoms with van der Waals surface area (Å²) in [6, 6.07) is 7.37. The minimum absolute atomic E-state index is 0.163. The summed E-state index contributed by atoms with van der Waals surface area (Å²) < 4.78 is 11.1. The van der Waals surface area contributed by atoms with Crippen LogP contribution in [0.4, 0.5) is 0 Å². The number of aromatic nitrogens is 2. The Labute approximate surface area is 111 Å². The van der Waals surface area contributed by atoms with Gasteiger partial charge in [0.2, 0.25) is 11.2 Å². The lowest BCUT2D eigenvalue weighted by Gasteiger charge is -2.09. The Morgan fingerprint density at radius 1 is 1.28 bits per heavy atom. The summed E-state index contributed by atoms with van der Waals surface area (Å²) in [7, 11) is 0. The minimum atomic E-state index is 0.163. The number of nitrogens with zero attached hydrogens (tertiary/aromatic N) is 2. The van der Waals surface area contributed by atoms with Crippen molar-refractivity contribution in [1.29, 1.82) is 0 Å². The predicted molar refractivity (Wildman–Crippen MR) is 69.5 cm³/mol. The lowest BCUT2D eigenvalue weighted by molar-refractivity contribution is 0.338. The van der Waals surface area contributed by atoms with Gasteiger partial charge in [-0.3, -0.25) is 0 Å². The summed E-state index contributed by atoms with van der Waals surface area (Å²) in [5, 5.41) is 0.163. The van der Waals surface area contributed by atoms with E-state index in [0.29, 0.717) is 18.2 Å². The van der Waals surface area contributed by atoms with E-state index in [1.165, 1.54) is 0 Å². The Balaban J connectivity index is 2.22. The van der Waals surface area contributed by atoms with Crippen LogP contribution < -0.4 is 9.47 Å². The van der Waals surface area contributed by atoms with Gasteiger partial charge in [-0.25, -0.2) is 4.98 Å². The fourth-order valence-electron chi connectivity index (χ4n) is 1.42. The first-order chi connectivity index (χ1) is 8.69. The minimum Gasteiger partial charge on any atom is -0.494 e. The Hall–Kier alpha value is -1.81. The molecule has 0 atom stereocenters. The van der Waals surface area contributed by atoms with Crippen LogP contribution in [0.1, 0.15) is 12.5 Å². The molecule has 2 aromatic rings. The zero-order valence-corrected chi connectivity index (χ0v) is 10.9. The second-order valence-corrected chi connectivity index (χ2v) is 3.98. The van der Waals surface area contributed by atoms with Gasteiger partial charge in [0.1, 0.15) is 11.5 Å². The van der Waals surface area contributed by atoms with Crippen LogP contribution in [0.25, 0.3) is 0 Å². The molecule has 94 valence electrons. The van der Waals surface area contributed by atoms with E-state index in [4.69, 9.17) is 21.1 Å². The van der Waals surface area contributed by atoms with Crippen LogP contribution in [0.5, 0.6) is 17.4 Å². The summed E-state index contributed by atoms with van der Waals surface area (Å²) in [5.41, 5.74) is 0.821. The van der Waals surface area contributed by atoms with Crippen molar-refractivity contribution < 1.29 is 9.47 Å². The smallest absolute Gasteiger partial charge is 0.226 e. The van der Waals surface area contributed by atoms with Gasteiger partial charge in [0, 0.05) is 17.8 Å². The molecule has 0 radical (unpaired) electrons. The number of aryl methyl sites for hydroxylation is 1. The Kier molecular flexibility index (Phi) is 3.99. The number of hydrogen-bond donors (Lipinski definition) is 0. The van der Waals surface area contributed by atoms with E-state index >= 15 is 0 Å². The quantitative estimate of drug-likeness (QED) is 0.791. The maximum absolute atomic E-state index is 5.74. The molecular formula is C13H13ClN2O2. The summed E-state index contributed by atoms with van der Waals surface area (Å²) in [5.74, 6) is 1.86. The molecule has 2 rings (SSSR count). The van der Waals surface area contributed by atoms with Crippen molar-refractivity contribution in [2.75, 3.05) is 6.61 Å². The second kappa shape index (κ2) is 5.69. The third kappa shape index (κ3) is 3.11. The van der Waals surface area contributed by atoms with E-state index in [-0.39, 0.29) is 5.28 Å². The molecule has 0 saturated carbocycles. The van der Waals surface area contributed by atoms with E-state index in [9.17, 15) is 0 Å². The number of rotatable bonds is 4. The normalized spacial score (nSPS) is 10.2. The van der Waals surface area contributed by atoms with E-state index < -0.39 is 0 Å². The molecule has 0 aliphatic heterocycles. The average molecular weight is 265 g/mol. The van der Waals surface area contributed by atoms with Crippen molar-refractivity contribution in [3.8, 4) is 17.4 Å². The summed E-state index contributed by atoms with van der Waals surface area (Å²) in [6.45, 7) is 4.40. The van der Waals surface area contributed by atoms with E-state index in [0.717, 1.165) is 11.3 Å². The van der Waals surface area contributed by atoms with Crippen LogP contribution >= 0.6 is 11.6 Å². The van der Waals surface area contributed by atoms with Crippen LogP contribution in [0.3, 0.4) is 0 Å². The molecule has 0 aliphatic rings. The van der Waals surface area contributed by atoms with Crippen LogP contribution in [-0.4, -0.2) is 16.6 Å². The lowest BCUT2D eigenvalue weighted by atomic mass is 10.3. The highest BCUT2D eigenvalue weighted by Crippen LogP contribution is 2.26. The fourth-order valence-corrected chi connectivity index (χ4v) is 1.54. The van der Waals surface area contributed by atoms with Crippen molar-refractivity contribution >= 4 is 11.6 Å². The molecule has 0 fully saturated rings. The van der Waals surface area contributed by atoms with Crippen LogP contribution in [0, 0.1) is 6.92 Å². The topological polar surface area (TPSA) is 44.2 Å². The highest BCUT2D eigenvalue weighted by molar-refractivity contribution is 6.28. The van der Waals surface area contributed by atoms with Gasteiger partial charge in [0.05, 0.1) is 6.61 Å². The first kappa shape index (κ1) is 12.6. The van der Waals surface area contributed by atoms with E-state index in [1.54, 1.807) is 12.3 Å². The first-order valence-electron chi connectivity index (χ1n) is 5.59. The number of ether oxygens (including phenoxy) is 2. The molecular weight excluding hydrogens is 252 g/mol. The van der Waals surface area contributed by atoms with E-state index in [1.807, 2.05) is 32.0 Å². The maximum Gasteiger partial charge on any atom is 0.226 e. The van der Waals surface area contributed by atoms with Gasteiger partial charge >= 0.3 is 0 Å². The molecule has 5 heteroatoms. The molecule has 0 amide bonds. The molecule has 4 nitrogen and oxygen atoms in total. The zero-order chi connectivity index (χ0) is 13.0. The van der Waals surface area contributed by atoms with Crippen molar-refractivity contribution in [2.45, 2.75) is 13.8 Å². The maximum atomic E-state index is 5.74. The summed E-state index contributed by atoms with van der Waals surface area (Å²) >= 11 is 5.74. The van der Waals surface area contributed by atoms with Crippen LogP contribution in [-0.2, 0) is 0 Å². The Bertz CT molecular complexity index is 546. The molecule has 1 aromatic heterocycles. The molecule has 0 aliphatic carbocycles. The molecule has 0 bridgehead atoms. The van der Waals surface area contributed by atoms with Gasteiger partial charge in [-0.2, -0.15) is 4.98 Å². The zero-order valence-electron chi connectivity index (χ0n) is 10.2. The van der Waals surface area contributed by atoms with Gasteiger partial charge < -0.3 is 9.47 Å². The molecule has 0 saturated heterocycles. The summed E-state index contributed by atoms with van der Waals surface area (Å²) in [6.07, 6.45) is 1.62.